The molecule has 1 saturated heterocycles. The summed E-state index contributed by atoms with van der Waals surface area (Å²) in [5.41, 5.74) is 4.04. The van der Waals surface area contributed by atoms with Crippen molar-refractivity contribution in [1.82, 2.24) is 20.6 Å². The first-order chi connectivity index (χ1) is 13.1. The van der Waals surface area contributed by atoms with Gasteiger partial charge in [-0.2, -0.15) is 0 Å². The van der Waals surface area contributed by atoms with E-state index < -0.39 is 0 Å². The molecule has 4 N–H and O–H groups in total. The number of piperazine rings is 1. The summed E-state index contributed by atoms with van der Waals surface area (Å²) in [5, 5.41) is 8.75. The zero-order valence-corrected chi connectivity index (χ0v) is 17.3. The molecule has 3 heterocycles. The Balaban J connectivity index is 1.41. The van der Waals surface area contributed by atoms with Crippen molar-refractivity contribution in [3.05, 3.63) is 68.9 Å². The zero-order valence-electron chi connectivity index (χ0n) is 14.1. The molecular formula is C20H16Br2N4O. The number of aromatic nitrogens is 2. The molecule has 5 rings (SSSR count). The first-order valence-corrected chi connectivity index (χ1v) is 10.3. The molecule has 1 aliphatic rings. The summed E-state index contributed by atoms with van der Waals surface area (Å²) < 4.78 is 2.04. The number of hydrogen-bond donors (Lipinski definition) is 4. The van der Waals surface area contributed by atoms with Crippen LogP contribution in [0.4, 0.5) is 0 Å². The summed E-state index contributed by atoms with van der Waals surface area (Å²) in [5.74, 6) is -0.0186. The van der Waals surface area contributed by atoms with Crippen LogP contribution in [0, 0.1) is 0 Å². The van der Waals surface area contributed by atoms with Gasteiger partial charge in [-0.1, -0.05) is 44.0 Å². The lowest BCUT2D eigenvalue weighted by molar-refractivity contribution is -0.125. The third-order valence-corrected chi connectivity index (χ3v) is 6.06. The van der Waals surface area contributed by atoms with Gasteiger partial charge in [0, 0.05) is 49.4 Å². The number of benzene rings is 2. The Kier molecular flexibility index (Phi) is 4.11. The van der Waals surface area contributed by atoms with Gasteiger partial charge in [0.15, 0.2) is 0 Å². The molecule has 0 spiro atoms. The monoisotopic (exact) mass is 486 g/mol. The summed E-state index contributed by atoms with van der Waals surface area (Å²) in [6, 6.07) is 13.8. The first kappa shape index (κ1) is 17.0. The molecule has 0 radical (unpaired) electrons. The molecule has 27 heavy (non-hydrogen) atoms. The highest BCUT2D eigenvalue weighted by Crippen LogP contribution is 2.30. The Labute approximate surface area is 172 Å². The van der Waals surface area contributed by atoms with Crippen LogP contribution in [-0.2, 0) is 4.79 Å². The van der Waals surface area contributed by atoms with Crippen molar-refractivity contribution in [2.45, 2.75) is 12.1 Å². The molecule has 2 atom stereocenters. The summed E-state index contributed by atoms with van der Waals surface area (Å²) in [4.78, 5) is 19.5. The fraction of sp³-hybridized carbons (Fsp3) is 0.150. The molecule has 1 fully saturated rings. The molecule has 0 unspecified atom stereocenters. The predicted molar refractivity (Wildman–Crippen MR) is 114 cm³/mol. The molecule has 2 aromatic heterocycles. The second-order valence-electron chi connectivity index (χ2n) is 6.79. The Bertz CT molecular complexity index is 1180. The predicted octanol–water partition coefficient (Wildman–Crippen LogP) is 4.68. The van der Waals surface area contributed by atoms with Crippen molar-refractivity contribution in [3.8, 4) is 0 Å². The van der Waals surface area contributed by atoms with Crippen LogP contribution in [0.1, 0.15) is 23.3 Å². The van der Waals surface area contributed by atoms with E-state index >= 15 is 0 Å². The second-order valence-corrected chi connectivity index (χ2v) is 8.62. The number of carbonyl (C=O) groups is 1. The number of carbonyl (C=O) groups excluding carboxylic acids is 1. The number of aromatic amines is 2. The van der Waals surface area contributed by atoms with Crippen LogP contribution in [-0.4, -0.2) is 22.4 Å². The average molecular weight is 488 g/mol. The highest BCUT2D eigenvalue weighted by molar-refractivity contribution is 9.10. The van der Waals surface area contributed by atoms with Crippen molar-refractivity contribution in [2.75, 3.05) is 6.54 Å². The maximum absolute atomic E-state index is 12.8. The van der Waals surface area contributed by atoms with Crippen LogP contribution in [0.3, 0.4) is 0 Å². The summed E-state index contributed by atoms with van der Waals surface area (Å²) in [6.07, 6.45) is 1.91. The van der Waals surface area contributed by atoms with Gasteiger partial charge < -0.3 is 15.3 Å². The van der Waals surface area contributed by atoms with Gasteiger partial charge in [0.1, 0.15) is 6.04 Å². The van der Waals surface area contributed by atoms with Crippen molar-refractivity contribution in [1.29, 1.82) is 0 Å². The molecule has 0 aliphatic carbocycles. The Morgan fingerprint density at radius 1 is 0.963 bits per heavy atom. The minimum absolute atomic E-state index is 0.0186. The third kappa shape index (κ3) is 2.99. The van der Waals surface area contributed by atoms with Crippen LogP contribution in [0.2, 0.25) is 0 Å². The number of halogens is 2. The van der Waals surface area contributed by atoms with Gasteiger partial charge in [-0.15, -0.1) is 0 Å². The summed E-state index contributed by atoms with van der Waals surface area (Å²) >= 11 is 6.97. The molecule has 1 aliphatic heterocycles. The van der Waals surface area contributed by atoms with Gasteiger partial charge in [0.25, 0.3) is 0 Å². The van der Waals surface area contributed by atoms with Crippen molar-refractivity contribution in [3.63, 3.8) is 0 Å². The molecule has 7 heteroatoms. The minimum Gasteiger partial charge on any atom is -0.361 e. The van der Waals surface area contributed by atoms with E-state index in [1.165, 1.54) is 0 Å². The van der Waals surface area contributed by atoms with E-state index in [9.17, 15) is 4.79 Å². The van der Waals surface area contributed by atoms with Crippen molar-refractivity contribution in [2.24, 2.45) is 0 Å². The Hall–Kier alpha value is -2.09. The van der Waals surface area contributed by atoms with Gasteiger partial charge in [-0.3, -0.25) is 10.1 Å². The number of nitrogens with one attached hydrogen (secondary N) is 4. The molecule has 1 amide bonds. The second kappa shape index (κ2) is 6.51. The third-order valence-electron chi connectivity index (χ3n) is 5.07. The summed E-state index contributed by atoms with van der Waals surface area (Å²) in [6.45, 7) is 0.660. The van der Waals surface area contributed by atoms with Gasteiger partial charge >= 0.3 is 0 Å². The lowest BCUT2D eigenvalue weighted by Crippen LogP contribution is -2.49. The maximum atomic E-state index is 12.8. The fourth-order valence-electron chi connectivity index (χ4n) is 3.74. The Morgan fingerprint density at radius 2 is 1.74 bits per heavy atom. The molecule has 0 saturated carbocycles. The van der Waals surface area contributed by atoms with Gasteiger partial charge in [0.05, 0.1) is 6.04 Å². The highest BCUT2D eigenvalue weighted by Gasteiger charge is 2.31. The number of rotatable bonds is 2. The fourth-order valence-corrected chi connectivity index (χ4v) is 4.46. The van der Waals surface area contributed by atoms with Crippen LogP contribution in [0.25, 0.3) is 21.8 Å². The lowest BCUT2D eigenvalue weighted by atomic mass is 10.0. The smallest absolute Gasteiger partial charge is 0.242 e. The summed E-state index contributed by atoms with van der Waals surface area (Å²) in [7, 11) is 0. The van der Waals surface area contributed by atoms with E-state index in [0.29, 0.717) is 6.54 Å². The quantitative estimate of drug-likeness (QED) is 0.331. The van der Waals surface area contributed by atoms with Crippen molar-refractivity contribution >= 4 is 59.6 Å². The van der Waals surface area contributed by atoms with E-state index in [4.69, 9.17) is 0 Å². The van der Waals surface area contributed by atoms with Crippen LogP contribution in [0.15, 0.2) is 57.6 Å². The molecular weight excluding hydrogens is 472 g/mol. The molecule has 0 bridgehead atoms. The zero-order chi connectivity index (χ0) is 18.5. The molecule has 5 nitrogen and oxygen atoms in total. The van der Waals surface area contributed by atoms with E-state index in [1.807, 2.05) is 36.5 Å². The number of fused-ring (bicyclic) bond motifs is 2. The van der Waals surface area contributed by atoms with Gasteiger partial charge in [-0.25, -0.2) is 0 Å². The van der Waals surface area contributed by atoms with Gasteiger partial charge in [-0.05, 0) is 35.7 Å². The van der Waals surface area contributed by atoms with Crippen LogP contribution >= 0.6 is 31.9 Å². The largest absolute Gasteiger partial charge is 0.361 e. The maximum Gasteiger partial charge on any atom is 0.242 e. The van der Waals surface area contributed by atoms with Crippen LogP contribution < -0.4 is 10.6 Å². The minimum atomic E-state index is -0.366. The number of amides is 1. The molecule has 2 aromatic carbocycles. The van der Waals surface area contributed by atoms with E-state index in [1.54, 1.807) is 0 Å². The first-order valence-electron chi connectivity index (χ1n) is 8.67. The molecule has 4 aromatic rings. The highest BCUT2D eigenvalue weighted by atomic mass is 79.9. The van der Waals surface area contributed by atoms with E-state index in [2.05, 4.69) is 64.6 Å². The SMILES string of the molecule is O=C1N[C@@H](c2cc3ccc(Br)cc3[nH]2)CN[C@@H]1c1c[nH]c2cc(Br)ccc12. The van der Waals surface area contributed by atoms with Gasteiger partial charge in [0.2, 0.25) is 5.91 Å². The normalized spacial score (nSPS) is 20.3. The van der Waals surface area contributed by atoms with E-state index in [0.717, 1.165) is 42.0 Å². The average Bonchev–Trinajstić information content (AvgIpc) is 3.25. The number of H-pyrrole nitrogens is 2. The van der Waals surface area contributed by atoms with Crippen molar-refractivity contribution < 1.29 is 4.79 Å². The van der Waals surface area contributed by atoms with E-state index in [-0.39, 0.29) is 18.0 Å². The number of hydrogen-bond acceptors (Lipinski definition) is 2. The topological polar surface area (TPSA) is 72.7 Å². The van der Waals surface area contributed by atoms with Crippen LogP contribution in [0.5, 0.6) is 0 Å². The lowest BCUT2D eigenvalue weighted by Gasteiger charge is -2.30. The molecule has 136 valence electrons. The standard InChI is InChI=1S/C20H16Br2N4O/c21-11-2-1-10-5-17(25-15(10)6-11)18-9-24-19(20(27)26-18)14-8-23-16-7-12(22)3-4-13(14)16/h1-8,18-19,23-25H,9H2,(H,26,27)/t18-,19-/m1/s1. The Morgan fingerprint density at radius 3 is 2.56 bits per heavy atom.